The van der Waals surface area contributed by atoms with Crippen molar-refractivity contribution in [1.82, 2.24) is 0 Å². The van der Waals surface area contributed by atoms with E-state index >= 15 is 0 Å². The van der Waals surface area contributed by atoms with Crippen molar-refractivity contribution in [2.75, 3.05) is 6.61 Å². The van der Waals surface area contributed by atoms with E-state index in [1.807, 2.05) is 0 Å². The average Bonchev–Trinajstić information content (AvgIpc) is 2.91. The number of unbranched alkanes of at least 4 members (excludes halogenated alkanes) is 15. The maximum absolute atomic E-state index is 10.9. The zero-order chi connectivity index (χ0) is 29.8. The summed E-state index contributed by atoms with van der Waals surface area (Å²) in [5.74, 6) is -2.93. The first-order valence-electron chi connectivity index (χ1n) is 15.8. The van der Waals surface area contributed by atoms with Gasteiger partial charge >= 0.3 is 75.5 Å². The van der Waals surface area contributed by atoms with Gasteiger partial charge in [-0.3, -0.25) is 0 Å². The SMILES string of the molecule is CCCCCCCCCCCC(=O)[O-].CCCCCCCCOC(=O)C=CC(=O)[O-].CCC[CH2][Sn+2][CH2]CCC. The minimum absolute atomic E-state index is 0.149. The number of carbonyl (C=O) groups excluding carboxylic acids is 3. The molecular formula is C32H60O6Sn. The first kappa shape index (κ1) is 42.4. The number of hydrogen-bond donors (Lipinski definition) is 0. The van der Waals surface area contributed by atoms with Crippen molar-refractivity contribution >= 4 is 39.1 Å². The number of carbonyl (C=O) groups is 3. The van der Waals surface area contributed by atoms with Crippen molar-refractivity contribution in [2.45, 2.75) is 165 Å². The van der Waals surface area contributed by atoms with Gasteiger partial charge in [0.15, 0.2) is 0 Å². The van der Waals surface area contributed by atoms with Crippen molar-refractivity contribution in [2.24, 2.45) is 0 Å². The summed E-state index contributed by atoms with van der Waals surface area (Å²) in [5, 5.41) is 20.1. The molecule has 0 aromatic carbocycles. The van der Waals surface area contributed by atoms with Gasteiger partial charge in [-0.05, 0) is 25.3 Å². The van der Waals surface area contributed by atoms with E-state index in [1.165, 1.54) is 89.9 Å². The Morgan fingerprint density at radius 3 is 1.38 bits per heavy atom. The van der Waals surface area contributed by atoms with Crippen LogP contribution < -0.4 is 10.2 Å². The fourth-order valence-electron chi connectivity index (χ4n) is 3.55. The normalized spacial score (nSPS) is 10.2. The van der Waals surface area contributed by atoms with Crippen LogP contribution in [0.1, 0.15) is 156 Å². The summed E-state index contributed by atoms with van der Waals surface area (Å²) in [4.78, 5) is 31.0. The van der Waals surface area contributed by atoms with Crippen LogP contribution in [0.25, 0.3) is 0 Å². The monoisotopic (exact) mass is 660 g/mol. The Morgan fingerprint density at radius 2 is 0.974 bits per heavy atom. The van der Waals surface area contributed by atoms with Crippen molar-refractivity contribution in [3.05, 3.63) is 12.2 Å². The Hall–Kier alpha value is -1.05. The predicted molar refractivity (Wildman–Crippen MR) is 161 cm³/mol. The van der Waals surface area contributed by atoms with Crippen LogP contribution in [0.2, 0.25) is 8.87 Å². The van der Waals surface area contributed by atoms with E-state index in [-0.39, 0.29) is 27.6 Å². The fraction of sp³-hybridized carbons (Fsp3) is 0.844. The maximum atomic E-state index is 10.9. The molecule has 0 aliphatic rings. The van der Waals surface area contributed by atoms with E-state index in [0.717, 1.165) is 38.2 Å². The van der Waals surface area contributed by atoms with Crippen molar-refractivity contribution in [1.29, 1.82) is 0 Å². The van der Waals surface area contributed by atoms with Crippen LogP contribution in [0.5, 0.6) is 0 Å². The average molecular weight is 660 g/mol. The first-order chi connectivity index (χ1) is 18.8. The number of esters is 1. The topological polar surface area (TPSA) is 107 Å². The van der Waals surface area contributed by atoms with Gasteiger partial charge in [-0.15, -0.1) is 0 Å². The Balaban J connectivity index is -0.000000518. The first-order valence-corrected chi connectivity index (χ1v) is 19.8. The molecule has 6 nitrogen and oxygen atoms in total. The van der Waals surface area contributed by atoms with Crippen LogP contribution in [0, 0.1) is 0 Å². The zero-order valence-corrected chi connectivity index (χ0v) is 28.7. The van der Waals surface area contributed by atoms with Crippen molar-refractivity contribution in [3.63, 3.8) is 0 Å². The van der Waals surface area contributed by atoms with Gasteiger partial charge in [-0.2, -0.15) is 0 Å². The molecule has 0 amide bonds. The van der Waals surface area contributed by atoms with E-state index < -0.39 is 17.9 Å². The van der Waals surface area contributed by atoms with Crippen molar-refractivity contribution in [3.8, 4) is 0 Å². The van der Waals surface area contributed by atoms with Gasteiger partial charge in [0.05, 0.1) is 12.6 Å². The second kappa shape index (κ2) is 39.1. The van der Waals surface area contributed by atoms with E-state index in [0.29, 0.717) is 12.7 Å². The molecule has 39 heavy (non-hydrogen) atoms. The second-order valence-corrected chi connectivity index (χ2v) is 14.3. The third kappa shape index (κ3) is 50.3. The number of carboxylic acids is 2. The molecule has 0 saturated heterocycles. The van der Waals surface area contributed by atoms with E-state index in [2.05, 4.69) is 27.7 Å². The summed E-state index contributed by atoms with van der Waals surface area (Å²) >= 11 is 0.149. The summed E-state index contributed by atoms with van der Waals surface area (Å²) in [7, 11) is 0. The molecule has 0 heterocycles. The van der Waals surface area contributed by atoms with Crippen LogP contribution in [0.4, 0.5) is 0 Å². The molecule has 0 aliphatic heterocycles. The molecule has 0 unspecified atom stereocenters. The molecule has 0 rings (SSSR count). The fourth-order valence-corrected chi connectivity index (χ4v) is 7.71. The Morgan fingerprint density at radius 1 is 0.564 bits per heavy atom. The molecule has 0 radical (unpaired) electrons. The molecule has 0 N–H and O–H groups in total. The Labute approximate surface area is 251 Å². The second-order valence-electron chi connectivity index (χ2n) is 10.00. The molecule has 0 fully saturated rings. The quantitative estimate of drug-likeness (QED) is 0.0453. The predicted octanol–water partition coefficient (Wildman–Crippen LogP) is 6.98. The summed E-state index contributed by atoms with van der Waals surface area (Å²) in [6.45, 7) is 9.31. The molecule has 228 valence electrons. The van der Waals surface area contributed by atoms with E-state index in [4.69, 9.17) is 4.74 Å². The summed E-state index contributed by atoms with van der Waals surface area (Å²) in [6.07, 6.45) is 25.2. The third-order valence-corrected chi connectivity index (χ3v) is 10.0. The number of ether oxygens (including phenoxy) is 1. The number of aliphatic carboxylic acids is 2. The molecule has 0 bridgehead atoms. The number of carboxylic acid groups (broad SMARTS) is 2. The molecular weight excluding hydrogens is 599 g/mol. The van der Waals surface area contributed by atoms with Crippen LogP contribution >= 0.6 is 0 Å². The molecule has 0 aromatic rings. The number of hydrogen-bond acceptors (Lipinski definition) is 6. The van der Waals surface area contributed by atoms with Crippen LogP contribution in [0.3, 0.4) is 0 Å². The van der Waals surface area contributed by atoms with E-state index in [1.54, 1.807) is 8.87 Å². The Kier molecular flexibility index (Phi) is 42.5. The van der Waals surface area contributed by atoms with Gasteiger partial charge in [-0.1, -0.05) is 97.3 Å². The van der Waals surface area contributed by atoms with Gasteiger partial charge in [0.25, 0.3) is 0 Å². The summed E-state index contributed by atoms with van der Waals surface area (Å²) in [5.41, 5.74) is 0. The Bertz CT molecular complexity index is 545. The molecule has 0 aromatic heterocycles. The minimum atomic E-state index is -1.39. The summed E-state index contributed by atoms with van der Waals surface area (Å²) < 4.78 is 8.03. The molecule has 0 atom stereocenters. The van der Waals surface area contributed by atoms with Crippen LogP contribution in [0.15, 0.2) is 12.2 Å². The molecule has 7 heteroatoms. The van der Waals surface area contributed by atoms with E-state index in [9.17, 15) is 24.6 Å². The van der Waals surface area contributed by atoms with Crippen LogP contribution in [-0.4, -0.2) is 45.7 Å². The standard InChI is InChI=1S/C12H20O4.C12H24O2.2C4H9.Sn/c1-2-3-4-5-6-7-10-16-12(15)9-8-11(13)14;1-2-3-4-5-6-7-8-9-10-11-12(13)14;2*1-3-4-2;/h8-9H,2-7,10H2,1H3,(H,13,14);2-11H2,1H3,(H,13,14);2*1,3-4H2,2H3;/q;;;;+2/p-2. The van der Waals surface area contributed by atoms with Gasteiger partial charge < -0.3 is 24.5 Å². The zero-order valence-electron chi connectivity index (χ0n) is 25.9. The van der Waals surface area contributed by atoms with Crippen molar-refractivity contribution < 1.29 is 29.3 Å². The number of rotatable bonds is 25. The third-order valence-electron chi connectivity index (χ3n) is 6.00. The summed E-state index contributed by atoms with van der Waals surface area (Å²) in [6, 6.07) is 0. The van der Waals surface area contributed by atoms with Gasteiger partial charge in [-0.25, -0.2) is 4.79 Å². The molecule has 0 aliphatic carbocycles. The van der Waals surface area contributed by atoms with Gasteiger partial charge in [0, 0.05) is 12.0 Å². The molecule has 0 spiro atoms. The van der Waals surface area contributed by atoms with Gasteiger partial charge in [0.1, 0.15) is 0 Å². The van der Waals surface area contributed by atoms with Crippen LogP contribution in [-0.2, 0) is 19.1 Å². The van der Waals surface area contributed by atoms with Gasteiger partial charge in [0.2, 0.25) is 0 Å². The molecule has 0 saturated carbocycles.